The number of hydrogen-bond acceptors (Lipinski definition) is 6. The van der Waals surface area contributed by atoms with E-state index in [1.54, 1.807) is 6.92 Å². The molecule has 0 spiro atoms. The molecule has 1 amide bonds. The number of esters is 1. The van der Waals surface area contributed by atoms with E-state index in [4.69, 9.17) is 4.74 Å². The summed E-state index contributed by atoms with van der Waals surface area (Å²) in [5.74, 6) is -1.38. The molecule has 7 nitrogen and oxygen atoms in total. The number of halogens is 1. The van der Waals surface area contributed by atoms with Gasteiger partial charge in [-0.3, -0.25) is 9.52 Å². The van der Waals surface area contributed by atoms with Crippen molar-refractivity contribution in [1.82, 2.24) is 0 Å². The van der Waals surface area contributed by atoms with Crippen LogP contribution in [-0.2, 0) is 27.6 Å². The van der Waals surface area contributed by atoms with Gasteiger partial charge in [0.1, 0.15) is 10.8 Å². The van der Waals surface area contributed by atoms with Crippen molar-refractivity contribution in [1.29, 1.82) is 0 Å². The highest BCUT2D eigenvalue weighted by molar-refractivity contribution is 7.92. The first-order valence-electron chi connectivity index (χ1n) is 11.2. The Kier molecular flexibility index (Phi) is 7.23. The minimum absolute atomic E-state index is 0.0334. The summed E-state index contributed by atoms with van der Waals surface area (Å²) in [5, 5.41) is 3.30. The maximum Gasteiger partial charge on any atom is 0.341 e. The van der Waals surface area contributed by atoms with E-state index in [1.807, 2.05) is 0 Å². The van der Waals surface area contributed by atoms with Crippen LogP contribution in [-0.4, -0.2) is 26.9 Å². The topological polar surface area (TPSA) is 102 Å². The van der Waals surface area contributed by atoms with Crippen molar-refractivity contribution in [3.63, 3.8) is 0 Å². The van der Waals surface area contributed by atoms with E-state index in [2.05, 4.69) is 10.0 Å². The Balaban J connectivity index is 1.52. The molecular weight excluding hydrogens is 491 g/mol. The van der Waals surface area contributed by atoms with Gasteiger partial charge < -0.3 is 10.1 Å². The van der Waals surface area contributed by atoms with Crippen molar-refractivity contribution in [2.24, 2.45) is 0 Å². The Morgan fingerprint density at radius 2 is 1.80 bits per heavy atom. The summed E-state index contributed by atoms with van der Waals surface area (Å²) in [7, 11) is -3.93. The number of sulfonamides is 1. The van der Waals surface area contributed by atoms with E-state index in [9.17, 15) is 22.4 Å². The minimum atomic E-state index is -3.93. The quantitative estimate of drug-likeness (QED) is 0.415. The lowest BCUT2D eigenvalue weighted by Gasteiger charge is -2.12. The molecule has 2 N–H and O–H groups in total. The van der Waals surface area contributed by atoms with Crippen LogP contribution in [0, 0.1) is 12.7 Å². The third-order valence-electron chi connectivity index (χ3n) is 5.70. The maximum atomic E-state index is 13.3. The number of fused-ring (bicyclic) bond motifs is 1. The molecule has 35 heavy (non-hydrogen) atoms. The van der Waals surface area contributed by atoms with Gasteiger partial charge in [0.2, 0.25) is 0 Å². The van der Waals surface area contributed by atoms with E-state index < -0.39 is 27.7 Å². The van der Waals surface area contributed by atoms with Crippen molar-refractivity contribution in [3.8, 4) is 0 Å². The van der Waals surface area contributed by atoms with Crippen molar-refractivity contribution in [3.05, 3.63) is 75.4 Å². The first kappa shape index (κ1) is 24.9. The highest BCUT2D eigenvalue weighted by Crippen LogP contribution is 2.38. The average molecular weight is 517 g/mol. The number of thiophene rings is 1. The first-order chi connectivity index (χ1) is 16.7. The molecule has 0 aliphatic heterocycles. The van der Waals surface area contributed by atoms with Crippen LogP contribution in [0.25, 0.3) is 0 Å². The highest BCUT2D eigenvalue weighted by Gasteiger charge is 2.27. The largest absolute Gasteiger partial charge is 0.462 e. The average Bonchev–Trinajstić information content (AvgIpc) is 3.17. The Morgan fingerprint density at radius 1 is 1.09 bits per heavy atom. The van der Waals surface area contributed by atoms with Crippen LogP contribution in [0.3, 0.4) is 0 Å². The van der Waals surface area contributed by atoms with Crippen LogP contribution in [0.5, 0.6) is 0 Å². The minimum Gasteiger partial charge on any atom is -0.462 e. The van der Waals surface area contributed by atoms with Crippen molar-refractivity contribution < 1.29 is 27.1 Å². The summed E-state index contributed by atoms with van der Waals surface area (Å²) in [6.07, 6.45) is 3.67. The molecule has 1 aromatic heterocycles. The third-order valence-corrected chi connectivity index (χ3v) is 8.45. The van der Waals surface area contributed by atoms with Gasteiger partial charge in [0.05, 0.1) is 17.1 Å². The molecule has 0 saturated heterocycles. The Hall–Kier alpha value is -3.24. The van der Waals surface area contributed by atoms with Gasteiger partial charge in [0.25, 0.3) is 15.9 Å². The lowest BCUT2D eigenvalue weighted by molar-refractivity contribution is 0.0526. The molecule has 0 unspecified atom stereocenters. The maximum absolute atomic E-state index is 13.3. The smallest absolute Gasteiger partial charge is 0.341 e. The molecule has 0 fully saturated rings. The predicted octanol–water partition coefficient (Wildman–Crippen LogP) is 5.30. The number of carbonyl (C=O) groups is 2. The van der Waals surface area contributed by atoms with E-state index in [1.165, 1.54) is 48.6 Å². The molecule has 4 rings (SSSR count). The predicted molar refractivity (Wildman–Crippen MR) is 133 cm³/mol. The normalized spacial score (nSPS) is 13.1. The molecule has 3 aromatic rings. The monoisotopic (exact) mass is 516 g/mol. The van der Waals surface area contributed by atoms with E-state index in [0.717, 1.165) is 48.3 Å². The second kappa shape index (κ2) is 10.2. The Morgan fingerprint density at radius 3 is 2.49 bits per heavy atom. The van der Waals surface area contributed by atoms with Crippen LogP contribution in [0.1, 0.15) is 56.5 Å². The third kappa shape index (κ3) is 5.38. The fourth-order valence-electron chi connectivity index (χ4n) is 4.06. The van der Waals surface area contributed by atoms with Gasteiger partial charge in [-0.2, -0.15) is 0 Å². The number of aryl methyl sites for hydroxylation is 2. The van der Waals surface area contributed by atoms with E-state index in [-0.39, 0.29) is 22.8 Å². The van der Waals surface area contributed by atoms with Gasteiger partial charge in [-0.1, -0.05) is 0 Å². The SMILES string of the molecule is CCOC(=O)c1c(NC(=O)c2ccc(NS(=O)(=O)c3ccc(F)cc3C)cc2)sc2c1CCCC2. The zero-order valence-electron chi connectivity index (χ0n) is 19.3. The van der Waals surface area contributed by atoms with Crippen LogP contribution in [0.4, 0.5) is 15.1 Å². The van der Waals surface area contributed by atoms with Gasteiger partial charge in [-0.15, -0.1) is 11.3 Å². The molecular formula is C25H25FN2O5S2. The second-order valence-electron chi connectivity index (χ2n) is 8.18. The zero-order chi connectivity index (χ0) is 25.2. The number of carbonyl (C=O) groups excluding carboxylic acids is 2. The van der Waals surface area contributed by atoms with Crippen LogP contribution >= 0.6 is 11.3 Å². The van der Waals surface area contributed by atoms with Gasteiger partial charge in [-0.25, -0.2) is 17.6 Å². The summed E-state index contributed by atoms with van der Waals surface area (Å²) in [4.78, 5) is 26.6. The molecule has 0 bridgehead atoms. The Bertz CT molecular complexity index is 1380. The number of amides is 1. The first-order valence-corrected chi connectivity index (χ1v) is 13.5. The summed E-state index contributed by atoms with van der Waals surface area (Å²) >= 11 is 1.40. The molecule has 0 saturated carbocycles. The van der Waals surface area contributed by atoms with Crippen LogP contribution < -0.4 is 10.0 Å². The standard InChI is InChI=1S/C25H25FN2O5S2/c1-3-33-25(30)22-19-6-4-5-7-20(19)34-24(22)27-23(29)16-8-11-18(12-9-16)28-35(31,32)21-13-10-17(26)14-15(21)2/h8-14,28H,3-7H2,1-2H3,(H,27,29). The number of anilines is 2. The molecule has 2 aromatic carbocycles. The fraction of sp³-hybridized carbons (Fsp3) is 0.280. The number of nitrogens with one attached hydrogen (secondary N) is 2. The van der Waals surface area contributed by atoms with Crippen LogP contribution in [0.15, 0.2) is 47.4 Å². The van der Waals surface area contributed by atoms with Gasteiger partial charge in [-0.05, 0) is 93.1 Å². The summed E-state index contributed by atoms with van der Waals surface area (Å²) < 4.78 is 46.4. The highest BCUT2D eigenvalue weighted by atomic mass is 32.2. The number of rotatable bonds is 7. The van der Waals surface area contributed by atoms with Gasteiger partial charge in [0.15, 0.2) is 0 Å². The fourth-order valence-corrected chi connectivity index (χ4v) is 6.62. The zero-order valence-corrected chi connectivity index (χ0v) is 20.9. The molecule has 1 aliphatic carbocycles. The Labute approximate surface area is 207 Å². The molecule has 184 valence electrons. The number of benzene rings is 2. The van der Waals surface area contributed by atoms with E-state index >= 15 is 0 Å². The second-order valence-corrected chi connectivity index (χ2v) is 10.9. The van der Waals surface area contributed by atoms with Gasteiger partial charge >= 0.3 is 5.97 Å². The summed E-state index contributed by atoms with van der Waals surface area (Å²) in [6.45, 7) is 3.49. The molecule has 1 heterocycles. The molecule has 0 radical (unpaired) electrons. The molecule has 10 heteroatoms. The summed E-state index contributed by atoms with van der Waals surface area (Å²) in [6, 6.07) is 9.35. The van der Waals surface area contributed by atoms with E-state index in [0.29, 0.717) is 16.1 Å². The van der Waals surface area contributed by atoms with Crippen molar-refractivity contribution in [2.45, 2.75) is 44.4 Å². The van der Waals surface area contributed by atoms with Gasteiger partial charge in [0, 0.05) is 16.1 Å². The molecule has 0 atom stereocenters. The summed E-state index contributed by atoms with van der Waals surface area (Å²) in [5.41, 5.74) is 2.22. The molecule has 1 aliphatic rings. The van der Waals surface area contributed by atoms with Crippen molar-refractivity contribution in [2.75, 3.05) is 16.6 Å². The number of hydrogen-bond donors (Lipinski definition) is 2. The lowest BCUT2D eigenvalue weighted by Crippen LogP contribution is -2.16. The lowest BCUT2D eigenvalue weighted by atomic mass is 9.95. The van der Waals surface area contributed by atoms with Crippen molar-refractivity contribution >= 4 is 43.9 Å². The van der Waals surface area contributed by atoms with Crippen LogP contribution in [0.2, 0.25) is 0 Å². The number of ether oxygens (including phenoxy) is 1.